The molecule has 0 radical (unpaired) electrons. The quantitative estimate of drug-likeness (QED) is 0.117. The van der Waals surface area contributed by atoms with Crippen LogP contribution in [0.5, 0.6) is 0 Å². The van der Waals surface area contributed by atoms with E-state index in [4.69, 9.17) is 28.2 Å². The maximum Gasteiger partial charge on any atom is 0.394 e. The number of benzene rings is 2. The van der Waals surface area contributed by atoms with E-state index in [1.54, 1.807) is 24.3 Å². The van der Waals surface area contributed by atoms with E-state index in [9.17, 15) is 50.0 Å². The molecule has 4 aromatic rings. The number of alkyl halides is 1. The first kappa shape index (κ1) is 50.9. The number of hydrogen-bond donors (Lipinski definition) is 8. The van der Waals surface area contributed by atoms with Gasteiger partial charge < -0.3 is 37.4 Å². The van der Waals surface area contributed by atoms with Gasteiger partial charge in [0.15, 0.2) is 0 Å². The number of carbonyl (C=O) groups excluding carboxylic acids is 5. The highest BCUT2D eigenvalue weighted by molar-refractivity contribution is 7.89. The molecule has 0 aliphatic carbocycles. The van der Waals surface area contributed by atoms with Crippen molar-refractivity contribution in [2.75, 3.05) is 30.9 Å². The number of primary sulfonamides is 2. The van der Waals surface area contributed by atoms with E-state index in [0.717, 1.165) is 31.4 Å². The predicted molar refractivity (Wildman–Crippen MR) is 235 cm³/mol. The van der Waals surface area contributed by atoms with Gasteiger partial charge in [-0.25, -0.2) is 31.9 Å². The molecule has 21 nitrogen and oxygen atoms in total. The highest BCUT2D eigenvalue weighted by atomic mass is 32.2. The molecule has 6 rings (SSSR count). The van der Waals surface area contributed by atoms with Crippen LogP contribution >= 0.6 is 0 Å². The number of nitrogens with one attached hydrogen (secondary N) is 3. The van der Waals surface area contributed by atoms with Gasteiger partial charge >= 0.3 is 23.7 Å². The molecule has 0 spiro atoms. The second kappa shape index (κ2) is 23.8. The maximum atomic E-state index is 13.0. The third kappa shape index (κ3) is 16.1. The molecule has 0 unspecified atom stereocenters. The number of amides is 5. The van der Waals surface area contributed by atoms with Crippen LogP contribution in [0, 0.1) is 11.8 Å². The first-order valence-corrected chi connectivity index (χ1v) is 22.5. The van der Waals surface area contributed by atoms with Crippen LogP contribution in [0.15, 0.2) is 95.2 Å². The summed E-state index contributed by atoms with van der Waals surface area (Å²) in [7, 11) is -8.51. The van der Waals surface area contributed by atoms with E-state index < -0.39 is 68.7 Å². The molecule has 4 atom stereocenters. The minimum atomic E-state index is -3.91. The summed E-state index contributed by atoms with van der Waals surface area (Å²) >= 11 is 0. The summed E-state index contributed by atoms with van der Waals surface area (Å²) in [5, 5.41) is 26.6. The van der Waals surface area contributed by atoms with Gasteiger partial charge in [0.05, 0.1) is 59.3 Å². The van der Waals surface area contributed by atoms with Gasteiger partial charge in [-0.2, -0.15) is 0 Å². The number of sulfonamides is 2. The van der Waals surface area contributed by atoms with Gasteiger partial charge in [0.25, 0.3) is 0 Å². The number of aromatic nitrogens is 2. The summed E-state index contributed by atoms with van der Waals surface area (Å²) in [4.78, 5) is 77.6. The van der Waals surface area contributed by atoms with Crippen LogP contribution in [-0.4, -0.2) is 92.6 Å². The standard InChI is InChI=1S/C20H23N5O5S.C12H18N2O2S.C8H7N3O4.CH3F/c1-12-5-6-17(13-3-2-4-16(8-13)31(22,29)30)25(11-12)20(28)19(27)24-15-7-14(18(21)26)9-23-10-15;1-9-5-6-12(14-8-9)10-3-2-4-11(7-10)17(13,15)16;9-6(12)4-1-5(3-10-2-4)11-7(13)8(14)15;1-2/h2-4,7-10,12,17H,5-6,11H2,1H3,(H2,21,26)(H,24,27)(H2,22,29,30);2-4,7,9,12,14H,5-6,8H2,1H3,(H2,13,15,16);1-3H,(H2,9,12)(H,11,13)(H,14,15);1H3/t12-,17+;9-,12+;;/m11../s1/i;;;1D. The Hall–Kier alpha value is -6.73. The predicted octanol–water partition coefficient (Wildman–Crippen LogP) is 1.95. The lowest BCUT2D eigenvalue weighted by atomic mass is 9.90. The van der Waals surface area contributed by atoms with E-state index in [0.29, 0.717) is 24.4 Å². The van der Waals surface area contributed by atoms with E-state index >= 15 is 0 Å². The summed E-state index contributed by atoms with van der Waals surface area (Å²) in [6.45, 7) is 5.49. The van der Waals surface area contributed by atoms with Crippen LogP contribution in [0.2, 0.25) is 0 Å². The van der Waals surface area contributed by atoms with Crippen LogP contribution in [0.1, 0.15) is 84.8 Å². The van der Waals surface area contributed by atoms with Gasteiger partial charge in [0.1, 0.15) is 0 Å². The van der Waals surface area contributed by atoms with Crippen LogP contribution < -0.4 is 37.7 Å². The summed E-state index contributed by atoms with van der Waals surface area (Å²) in [6.07, 6.45) is 8.52. The number of primary amides is 2. The van der Waals surface area contributed by atoms with Crippen molar-refractivity contribution in [1.29, 1.82) is 0 Å². The second-order valence-corrected chi connectivity index (χ2v) is 18.0. The molecular weight excluding hydrogens is 892 g/mol. The van der Waals surface area contributed by atoms with Crippen molar-refractivity contribution >= 4 is 66.9 Å². The summed E-state index contributed by atoms with van der Waals surface area (Å²) in [5.74, 6) is -5.09. The first-order valence-electron chi connectivity index (χ1n) is 20.2. The summed E-state index contributed by atoms with van der Waals surface area (Å²) < 4.78 is 61.5. The Balaban J connectivity index is 0.000000278. The number of piperidine rings is 2. The number of carboxylic acid groups (broad SMARTS) is 1. The first-order chi connectivity index (χ1) is 30.9. The van der Waals surface area contributed by atoms with E-state index in [2.05, 4.69) is 27.5 Å². The zero-order valence-corrected chi connectivity index (χ0v) is 36.9. The molecule has 2 aliphatic heterocycles. The van der Waals surface area contributed by atoms with Crippen molar-refractivity contribution in [1.82, 2.24) is 20.2 Å². The zero-order chi connectivity index (χ0) is 49.4. The normalized spacial score (nSPS) is 18.2. The van der Waals surface area contributed by atoms with Crippen molar-refractivity contribution in [2.24, 2.45) is 33.6 Å². The summed E-state index contributed by atoms with van der Waals surface area (Å²) in [5.41, 5.74) is 12.2. The Morgan fingerprint density at radius 1 is 0.738 bits per heavy atom. The van der Waals surface area contributed by atoms with E-state index in [1.807, 2.05) is 18.3 Å². The Labute approximate surface area is 376 Å². The lowest BCUT2D eigenvalue weighted by Gasteiger charge is -2.38. The number of nitrogens with two attached hydrogens (primary N) is 4. The van der Waals surface area contributed by atoms with Gasteiger partial charge in [-0.1, -0.05) is 38.1 Å². The third-order valence-electron chi connectivity index (χ3n) is 9.85. The zero-order valence-electron chi connectivity index (χ0n) is 36.2. The van der Waals surface area contributed by atoms with Gasteiger partial charge in [-0.15, -0.1) is 0 Å². The van der Waals surface area contributed by atoms with Crippen molar-refractivity contribution in [3.8, 4) is 0 Å². The smallest absolute Gasteiger partial charge is 0.394 e. The minimum Gasteiger partial charge on any atom is -0.474 e. The number of carbonyl (C=O) groups is 6. The molecule has 0 saturated carbocycles. The van der Waals surface area contributed by atoms with Gasteiger partial charge in [0.2, 0.25) is 31.9 Å². The van der Waals surface area contributed by atoms with Gasteiger partial charge in [0, 0.05) is 25.0 Å². The van der Waals surface area contributed by atoms with Crippen LogP contribution in [0.3, 0.4) is 0 Å². The molecule has 2 saturated heterocycles. The van der Waals surface area contributed by atoms with E-state index in [1.165, 1.54) is 60.0 Å². The number of nitrogens with zero attached hydrogens (tertiary/aromatic N) is 3. The third-order valence-corrected chi connectivity index (χ3v) is 11.7. The molecule has 2 fully saturated rings. The highest BCUT2D eigenvalue weighted by Gasteiger charge is 2.35. The van der Waals surface area contributed by atoms with Crippen molar-refractivity contribution in [3.63, 3.8) is 0 Å². The number of hydrogen-bond acceptors (Lipinski definition) is 13. The Morgan fingerprint density at radius 3 is 1.68 bits per heavy atom. The molecule has 0 bridgehead atoms. The molecule has 2 aliphatic rings. The Kier molecular flexibility index (Phi) is 18.6. The highest BCUT2D eigenvalue weighted by Crippen LogP contribution is 2.34. The number of anilines is 2. The van der Waals surface area contributed by atoms with E-state index in [-0.39, 0.29) is 44.3 Å². The lowest BCUT2D eigenvalue weighted by Crippen LogP contribution is -2.46. The average molecular weight is 944 g/mol. The largest absolute Gasteiger partial charge is 0.474 e. The second-order valence-electron chi connectivity index (χ2n) is 14.9. The number of aliphatic carboxylic acids is 1. The fraction of sp³-hybridized carbons (Fsp3) is 0.317. The van der Waals surface area contributed by atoms with Crippen molar-refractivity contribution < 1.29 is 56.5 Å². The Bertz CT molecular complexity index is 2620. The minimum absolute atomic E-state index is 0.0604. The molecule has 65 heavy (non-hydrogen) atoms. The molecule has 2 aromatic carbocycles. The van der Waals surface area contributed by atoms with Crippen LogP contribution in [-0.2, 0) is 39.2 Å². The summed E-state index contributed by atoms with van der Waals surface area (Å²) in [6, 6.07) is 15.3. The molecule has 2 aromatic heterocycles. The number of likely N-dealkylation sites (tertiary alicyclic amines) is 1. The SMILES string of the molecule is C[C@@H]1CC[C@@H](c2cccc(S(N)(=O)=O)c2)N(C(=O)C(=O)Nc2cncc(C(N)=O)c2)C1.C[C@@H]1CC[C@@H](c2cccc(S(N)(=O)=O)c2)NC1.NC(=O)c1cncc(NC(=O)C(=O)O)c1.[2H]CF. The molecular formula is C41H51FN10O11S2. The van der Waals surface area contributed by atoms with Gasteiger partial charge in [-0.3, -0.25) is 38.3 Å². The topological polar surface area (TPSA) is 360 Å². The molecule has 24 heteroatoms. The number of halogens is 1. The molecule has 5 amide bonds. The molecule has 12 N–H and O–H groups in total. The van der Waals surface area contributed by atoms with Crippen molar-refractivity contribution in [3.05, 3.63) is 108 Å². The fourth-order valence-electron chi connectivity index (χ4n) is 6.60. The van der Waals surface area contributed by atoms with Crippen molar-refractivity contribution in [2.45, 2.75) is 61.4 Å². The molecule has 350 valence electrons. The number of carboxylic acids is 1. The van der Waals surface area contributed by atoms with Gasteiger partial charge in [-0.05, 0) is 91.6 Å². The lowest BCUT2D eigenvalue weighted by molar-refractivity contribution is -0.147. The number of rotatable bonds is 8. The van der Waals surface area contributed by atoms with Crippen LogP contribution in [0.25, 0.3) is 0 Å². The Morgan fingerprint density at radius 2 is 1.22 bits per heavy atom. The average Bonchev–Trinajstić information content (AvgIpc) is 3.26. The number of pyridine rings is 2. The fourth-order valence-corrected chi connectivity index (χ4v) is 7.74. The monoisotopic (exact) mass is 943 g/mol. The maximum absolute atomic E-state index is 13.0. The molecule has 4 heterocycles. The van der Waals surface area contributed by atoms with Crippen LogP contribution in [0.4, 0.5) is 15.8 Å².